The Kier molecular flexibility index (Phi) is 2.88. The van der Waals surface area contributed by atoms with Gasteiger partial charge in [0.05, 0.1) is 12.6 Å². The van der Waals surface area contributed by atoms with Crippen LogP contribution in [0.2, 0.25) is 0 Å². The van der Waals surface area contributed by atoms with Gasteiger partial charge in [0.15, 0.2) is 5.78 Å². The van der Waals surface area contributed by atoms with Crippen LogP contribution in [0.15, 0.2) is 0 Å². The molecule has 0 amide bonds. The molecule has 0 bridgehead atoms. The fraction of sp³-hybridized carbons (Fsp3) is 0.667. The molecule has 0 radical (unpaired) electrons. The van der Waals surface area contributed by atoms with Crippen molar-refractivity contribution in [3.63, 3.8) is 0 Å². The highest BCUT2D eigenvalue weighted by molar-refractivity contribution is 8.00. The number of nitrogens with one attached hydrogen (secondary N) is 1. The Bertz CT molecular complexity index is 200. The maximum atomic E-state index is 11.0. The third kappa shape index (κ3) is 1.93. The molecule has 0 aromatic carbocycles. The molecule has 0 saturated carbocycles. The van der Waals surface area contributed by atoms with E-state index in [1.54, 1.807) is 0 Å². The lowest BCUT2D eigenvalue weighted by atomic mass is 10.3. The van der Waals surface area contributed by atoms with Gasteiger partial charge in [-0.3, -0.25) is 10.1 Å². The Balaban J connectivity index is 2.43. The van der Waals surface area contributed by atoms with Crippen molar-refractivity contribution in [1.82, 2.24) is 5.32 Å². The molecule has 3 N–H and O–H groups in total. The lowest BCUT2D eigenvalue weighted by Gasteiger charge is -2.05. The van der Waals surface area contributed by atoms with Crippen LogP contribution in [-0.2, 0) is 4.79 Å². The molecular weight excluding hydrogens is 162 g/mol. The quantitative estimate of drug-likeness (QED) is 0.561. The number of hydrogen-bond donors (Lipinski definition) is 2. The average Bonchev–Trinajstić information content (AvgIpc) is 2.50. The number of nitrogens with zero attached hydrogens (tertiary/aromatic N) is 1. The zero-order valence-electron chi connectivity index (χ0n) is 5.91. The van der Waals surface area contributed by atoms with Crippen molar-refractivity contribution in [1.29, 1.82) is 5.26 Å². The van der Waals surface area contributed by atoms with Crippen molar-refractivity contribution in [2.24, 2.45) is 5.73 Å². The van der Waals surface area contributed by atoms with E-state index in [4.69, 9.17) is 11.0 Å². The van der Waals surface area contributed by atoms with Gasteiger partial charge < -0.3 is 5.73 Å². The van der Waals surface area contributed by atoms with Gasteiger partial charge in [-0.1, -0.05) is 0 Å². The first-order valence-corrected chi connectivity index (χ1v) is 4.33. The number of ketones is 1. The van der Waals surface area contributed by atoms with Crippen molar-refractivity contribution < 1.29 is 4.79 Å². The van der Waals surface area contributed by atoms with Gasteiger partial charge in [-0.15, -0.1) is 11.8 Å². The van der Waals surface area contributed by atoms with E-state index in [0.717, 1.165) is 0 Å². The Morgan fingerprint density at radius 3 is 3.09 bits per heavy atom. The second-order valence-corrected chi connectivity index (χ2v) is 3.37. The van der Waals surface area contributed by atoms with Gasteiger partial charge in [0.25, 0.3) is 0 Å². The highest BCUT2D eigenvalue weighted by atomic mass is 32.2. The van der Waals surface area contributed by atoms with E-state index in [-0.39, 0.29) is 23.7 Å². The zero-order chi connectivity index (χ0) is 8.27. The second kappa shape index (κ2) is 3.72. The van der Waals surface area contributed by atoms with Crippen LogP contribution in [0.25, 0.3) is 0 Å². The summed E-state index contributed by atoms with van der Waals surface area (Å²) in [5.74, 6) is 0.639. The van der Waals surface area contributed by atoms with Gasteiger partial charge in [0.1, 0.15) is 11.4 Å². The monoisotopic (exact) mass is 171 g/mol. The van der Waals surface area contributed by atoms with Crippen LogP contribution in [-0.4, -0.2) is 29.5 Å². The predicted molar refractivity (Wildman–Crippen MR) is 42.8 cm³/mol. The van der Waals surface area contributed by atoms with E-state index in [9.17, 15) is 4.79 Å². The molecule has 0 aromatic heterocycles. The van der Waals surface area contributed by atoms with Gasteiger partial charge >= 0.3 is 0 Å². The molecule has 0 spiro atoms. The largest absolute Gasteiger partial charge is 0.324 e. The van der Waals surface area contributed by atoms with Crippen molar-refractivity contribution in [3.8, 4) is 6.07 Å². The lowest BCUT2D eigenvalue weighted by Crippen LogP contribution is -2.37. The SMILES string of the molecule is N#CC1CSC(C(=O)CN)N1. The van der Waals surface area contributed by atoms with Crippen molar-refractivity contribution in [2.45, 2.75) is 11.4 Å². The fourth-order valence-electron chi connectivity index (χ4n) is 0.839. The minimum absolute atomic E-state index is 0.0345. The molecule has 4 nitrogen and oxygen atoms in total. The van der Waals surface area contributed by atoms with Crippen LogP contribution >= 0.6 is 11.8 Å². The van der Waals surface area contributed by atoms with Gasteiger partial charge in [0.2, 0.25) is 0 Å². The molecule has 1 rings (SSSR count). The molecule has 1 heterocycles. The number of Topliss-reactive ketones (excluding diaryl/α,β-unsaturated/α-hetero) is 1. The van der Waals surface area contributed by atoms with Crippen molar-refractivity contribution >= 4 is 17.5 Å². The van der Waals surface area contributed by atoms with E-state index in [0.29, 0.717) is 5.75 Å². The average molecular weight is 171 g/mol. The van der Waals surface area contributed by atoms with Gasteiger partial charge in [-0.25, -0.2) is 0 Å². The van der Waals surface area contributed by atoms with E-state index < -0.39 is 0 Å². The summed E-state index contributed by atoms with van der Waals surface area (Å²) in [6.45, 7) is 0.0445. The Hall–Kier alpha value is -0.570. The van der Waals surface area contributed by atoms with Crippen LogP contribution < -0.4 is 11.1 Å². The molecule has 60 valence electrons. The summed E-state index contributed by atoms with van der Waals surface area (Å²) in [5.41, 5.74) is 5.15. The first-order chi connectivity index (χ1) is 5.27. The highest BCUT2D eigenvalue weighted by Crippen LogP contribution is 2.18. The van der Waals surface area contributed by atoms with Crippen LogP contribution in [0.1, 0.15) is 0 Å². The fourth-order valence-corrected chi connectivity index (χ4v) is 1.94. The summed E-state index contributed by atoms with van der Waals surface area (Å²) >= 11 is 1.44. The molecule has 1 aliphatic heterocycles. The second-order valence-electron chi connectivity index (χ2n) is 2.23. The topological polar surface area (TPSA) is 78.9 Å². The Labute approximate surface area is 69.1 Å². The van der Waals surface area contributed by atoms with Gasteiger partial charge in [-0.2, -0.15) is 5.26 Å². The molecule has 1 saturated heterocycles. The molecule has 11 heavy (non-hydrogen) atoms. The lowest BCUT2D eigenvalue weighted by molar-refractivity contribution is -0.117. The van der Waals surface area contributed by atoms with E-state index in [1.807, 2.05) is 6.07 Å². The molecule has 2 atom stereocenters. The third-order valence-corrected chi connectivity index (χ3v) is 2.69. The zero-order valence-corrected chi connectivity index (χ0v) is 6.73. The summed E-state index contributed by atoms with van der Waals surface area (Å²) in [5, 5.41) is 11.1. The number of carbonyl (C=O) groups excluding carboxylic acids is 1. The first-order valence-electron chi connectivity index (χ1n) is 3.28. The van der Waals surface area contributed by atoms with Crippen LogP contribution in [0, 0.1) is 11.3 Å². The maximum Gasteiger partial charge on any atom is 0.173 e. The van der Waals surface area contributed by atoms with E-state index >= 15 is 0 Å². The van der Waals surface area contributed by atoms with Crippen molar-refractivity contribution in [2.75, 3.05) is 12.3 Å². The third-order valence-electron chi connectivity index (χ3n) is 1.43. The smallest absolute Gasteiger partial charge is 0.173 e. The van der Waals surface area contributed by atoms with E-state index in [2.05, 4.69) is 5.32 Å². The molecular formula is C6H9N3OS. The maximum absolute atomic E-state index is 11.0. The number of nitriles is 1. The minimum atomic E-state index is -0.260. The predicted octanol–water partition coefficient (Wildman–Crippen LogP) is -0.931. The summed E-state index contributed by atoms with van der Waals surface area (Å²) in [6.07, 6.45) is 0. The van der Waals surface area contributed by atoms with Crippen molar-refractivity contribution in [3.05, 3.63) is 0 Å². The number of nitrogens with two attached hydrogens (primary N) is 1. The molecule has 1 fully saturated rings. The molecule has 2 unspecified atom stereocenters. The Morgan fingerprint density at radius 1 is 1.91 bits per heavy atom. The minimum Gasteiger partial charge on any atom is -0.324 e. The standard InChI is InChI=1S/C6H9N3OS/c7-1-4-3-11-6(9-4)5(10)2-8/h4,6,9H,2-3,8H2. The summed E-state index contributed by atoms with van der Waals surface area (Å²) in [7, 11) is 0. The number of thioether (sulfide) groups is 1. The number of carbonyl (C=O) groups is 1. The molecule has 0 aromatic rings. The van der Waals surface area contributed by atoms with E-state index in [1.165, 1.54) is 11.8 Å². The van der Waals surface area contributed by atoms with Crippen LogP contribution in [0.3, 0.4) is 0 Å². The van der Waals surface area contributed by atoms with Crippen LogP contribution in [0.5, 0.6) is 0 Å². The summed E-state index contributed by atoms with van der Waals surface area (Å²) in [4.78, 5) is 11.0. The number of rotatable bonds is 2. The Morgan fingerprint density at radius 2 is 2.64 bits per heavy atom. The van der Waals surface area contributed by atoms with Crippen LogP contribution in [0.4, 0.5) is 0 Å². The summed E-state index contributed by atoms with van der Waals surface area (Å²) in [6, 6.07) is 1.85. The van der Waals surface area contributed by atoms with Gasteiger partial charge in [0, 0.05) is 5.75 Å². The molecule has 5 heteroatoms. The molecule has 1 aliphatic rings. The van der Waals surface area contributed by atoms with Gasteiger partial charge in [-0.05, 0) is 0 Å². The normalized spacial score (nSPS) is 29.8. The summed E-state index contributed by atoms with van der Waals surface area (Å²) < 4.78 is 0. The highest BCUT2D eigenvalue weighted by Gasteiger charge is 2.28. The number of hydrogen-bond acceptors (Lipinski definition) is 5. The first kappa shape index (κ1) is 8.53. The molecule has 0 aliphatic carbocycles.